The van der Waals surface area contributed by atoms with Gasteiger partial charge in [-0.2, -0.15) is 0 Å². The second kappa shape index (κ2) is 7.42. The lowest BCUT2D eigenvalue weighted by Crippen LogP contribution is -2.16. The molecule has 1 fully saturated rings. The lowest BCUT2D eigenvalue weighted by molar-refractivity contribution is 0.211. The molecule has 3 nitrogen and oxygen atoms in total. The average Bonchev–Trinajstić information content (AvgIpc) is 3.15. The summed E-state index contributed by atoms with van der Waals surface area (Å²) in [5, 5.41) is 4.78. The van der Waals surface area contributed by atoms with Gasteiger partial charge in [0.2, 0.25) is 0 Å². The van der Waals surface area contributed by atoms with Crippen molar-refractivity contribution in [3.05, 3.63) is 51.5 Å². The van der Waals surface area contributed by atoms with Crippen molar-refractivity contribution < 1.29 is 9.47 Å². The molecular formula is C21H21Cl2NO2. The molecule has 2 aromatic carbocycles. The third kappa shape index (κ3) is 3.38. The summed E-state index contributed by atoms with van der Waals surface area (Å²) in [6.45, 7) is 0.669. The molecule has 1 N–H and O–H groups in total. The fraction of sp³-hybridized carbons (Fsp3) is 0.333. The highest BCUT2D eigenvalue weighted by Crippen LogP contribution is 2.43. The average molecular weight is 390 g/mol. The van der Waals surface area contributed by atoms with Gasteiger partial charge in [-0.3, -0.25) is 0 Å². The fourth-order valence-electron chi connectivity index (χ4n) is 3.70. The number of methoxy groups -OCH3 is 1. The van der Waals surface area contributed by atoms with Crippen LogP contribution < -0.4 is 14.8 Å². The predicted octanol–water partition coefficient (Wildman–Crippen LogP) is 6.29. The first-order valence-electron chi connectivity index (χ1n) is 8.93. The van der Waals surface area contributed by atoms with Crippen LogP contribution >= 0.6 is 23.2 Å². The highest BCUT2D eigenvalue weighted by atomic mass is 35.5. The minimum atomic E-state index is 0.311. The minimum Gasteiger partial charge on any atom is -0.496 e. The fourth-order valence-corrected chi connectivity index (χ4v) is 4.23. The maximum Gasteiger partial charge on any atom is 0.143 e. The molecule has 0 spiro atoms. The number of halogens is 2. The molecule has 136 valence electrons. The summed E-state index contributed by atoms with van der Waals surface area (Å²) in [6, 6.07) is 9.54. The Morgan fingerprint density at radius 3 is 2.54 bits per heavy atom. The van der Waals surface area contributed by atoms with Crippen molar-refractivity contribution in [2.45, 2.75) is 31.8 Å². The van der Waals surface area contributed by atoms with Gasteiger partial charge in [0.1, 0.15) is 11.5 Å². The van der Waals surface area contributed by atoms with Gasteiger partial charge in [0.25, 0.3) is 0 Å². The summed E-state index contributed by atoms with van der Waals surface area (Å²) in [5.74, 6) is 1.71. The number of benzene rings is 2. The molecule has 2 aromatic rings. The van der Waals surface area contributed by atoms with Gasteiger partial charge in [-0.15, -0.1) is 0 Å². The molecule has 1 heterocycles. The molecule has 0 amide bonds. The lowest BCUT2D eigenvalue weighted by atomic mass is 9.97. The molecular weight excluding hydrogens is 369 g/mol. The SMILES string of the molecule is COc1ccc(OC2CCCC2)c2c1C=C(c1ccc(Cl)cc1Cl)CN2. The van der Waals surface area contributed by atoms with Gasteiger partial charge >= 0.3 is 0 Å². The van der Waals surface area contributed by atoms with Crippen molar-refractivity contribution in [1.29, 1.82) is 0 Å². The standard InChI is InChI=1S/C21H21Cl2NO2/c1-25-19-8-9-20(26-15-4-2-3-5-15)21-17(19)10-13(12-24-21)16-7-6-14(22)11-18(16)23/h6-11,15,24H,2-5,12H2,1H3. The molecule has 0 aromatic heterocycles. The molecule has 0 atom stereocenters. The van der Waals surface area contributed by atoms with Crippen molar-refractivity contribution in [1.82, 2.24) is 0 Å². The zero-order valence-corrected chi connectivity index (χ0v) is 16.2. The zero-order valence-electron chi connectivity index (χ0n) is 14.6. The van der Waals surface area contributed by atoms with Gasteiger partial charge in [-0.05, 0) is 67.2 Å². The van der Waals surface area contributed by atoms with Crippen molar-refractivity contribution in [2.24, 2.45) is 0 Å². The van der Waals surface area contributed by atoms with E-state index in [4.69, 9.17) is 32.7 Å². The van der Waals surface area contributed by atoms with E-state index < -0.39 is 0 Å². The largest absolute Gasteiger partial charge is 0.496 e. The van der Waals surface area contributed by atoms with Gasteiger partial charge in [0, 0.05) is 22.2 Å². The molecule has 5 heteroatoms. The Hall–Kier alpha value is -1.84. The molecule has 0 saturated heterocycles. The van der Waals surface area contributed by atoms with Crippen molar-refractivity contribution in [2.75, 3.05) is 19.0 Å². The number of ether oxygens (including phenoxy) is 2. The Bertz CT molecular complexity index is 857. The Morgan fingerprint density at radius 1 is 1.04 bits per heavy atom. The highest BCUT2D eigenvalue weighted by Gasteiger charge is 2.23. The summed E-state index contributed by atoms with van der Waals surface area (Å²) in [6.07, 6.45) is 7.18. The quantitative estimate of drug-likeness (QED) is 0.666. The first kappa shape index (κ1) is 17.6. The van der Waals surface area contributed by atoms with E-state index in [2.05, 4.69) is 11.4 Å². The third-order valence-corrected chi connectivity index (χ3v) is 5.58. The number of nitrogens with one attached hydrogen (secondary N) is 1. The Labute approximate surface area is 163 Å². The summed E-state index contributed by atoms with van der Waals surface area (Å²) in [7, 11) is 1.69. The Balaban J connectivity index is 1.73. The molecule has 2 aliphatic rings. The first-order valence-corrected chi connectivity index (χ1v) is 9.69. The van der Waals surface area contributed by atoms with Gasteiger partial charge < -0.3 is 14.8 Å². The highest BCUT2D eigenvalue weighted by molar-refractivity contribution is 6.36. The van der Waals surface area contributed by atoms with Crippen LogP contribution in [0.2, 0.25) is 10.0 Å². The van der Waals surface area contributed by atoms with Crippen molar-refractivity contribution in [3.8, 4) is 11.5 Å². The number of anilines is 1. The second-order valence-electron chi connectivity index (χ2n) is 6.73. The monoisotopic (exact) mass is 389 g/mol. The number of fused-ring (bicyclic) bond motifs is 1. The Kier molecular flexibility index (Phi) is 5.01. The summed E-state index contributed by atoms with van der Waals surface area (Å²) < 4.78 is 11.8. The van der Waals surface area contributed by atoms with Gasteiger partial charge in [-0.25, -0.2) is 0 Å². The van der Waals surface area contributed by atoms with E-state index in [0.29, 0.717) is 22.7 Å². The number of hydrogen-bond donors (Lipinski definition) is 1. The first-order chi connectivity index (χ1) is 12.7. The van der Waals surface area contributed by atoms with Crippen LogP contribution in [0.3, 0.4) is 0 Å². The van der Waals surface area contributed by atoms with Crippen molar-refractivity contribution >= 4 is 40.5 Å². The second-order valence-corrected chi connectivity index (χ2v) is 7.57. The molecule has 0 radical (unpaired) electrons. The van der Waals surface area contributed by atoms with Crippen molar-refractivity contribution in [3.63, 3.8) is 0 Å². The molecule has 0 unspecified atom stereocenters. The van der Waals surface area contributed by atoms with Crippen LogP contribution in [-0.2, 0) is 0 Å². The molecule has 1 aliphatic heterocycles. The molecule has 26 heavy (non-hydrogen) atoms. The van der Waals surface area contributed by atoms with Crippen LogP contribution in [0.1, 0.15) is 36.8 Å². The van der Waals surface area contributed by atoms with Crippen LogP contribution in [0.4, 0.5) is 5.69 Å². The summed E-state index contributed by atoms with van der Waals surface area (Å²) >= 11 is 12.4. The van der Waals surface area contributed by atoms with E-state index >= 15 is 0 Å². The Morgan fingerprint density at radius 2 is 1.81 bits per heavy atom. The minimum absolute atomic E-state index is 0.311. The molecule has 4 rings (SSSR count). The normalized spacial score (nSPS) is 16.7. The van der Waals surface area contributed by atoms with Crippen LogP contribution in [0.15, 0.2) is 30.3 Å². The van der Waals surface area contributed by atoms with E-state index in [1.54, 1.807) is 13.2 Å². The van der Waals surface area contributed by atoms with Crippen LogP contribution in [-0.4, -0.2) is 19.8 Å². The number of hydrogen-bond acceptors (Lipinski definition) is 3. The topological polar surface area (TPSA) is 30.5 Å². The van der Waals surface area contributed by atoms with E-state index in [9.17, 15) is 0 Å². The lowest BCUT2D eigenvalue weighted by Gasteiger charge is -2.25. The van der Waals surface area contributed by atoms with E-state index in [-0.39, 0.29) is 0 Å². The van der Waals surface area contributed by atoms with Gasteiger partial charge in [0.15, 0.2) is 0 Å². The predicted molar refractivity (Wildman–Crippen MR) is 109 cm³/mol. The van der Waals surface area contributed by atoms with E-state index in [1.165, 1.54) is 12.8 Å². The van der Waals surface area contributed by atoms with E-state index in [1.807, 2.05) is 24.3 Å². The van der Waals surface area contributed by atoms with Crippen LogP contribution in [0.5, 0.6) is 11.5 Å². The summed E-state index contributed by atoms with van der Waals surface area (Å²) in [5.41, 5.74) is 4.05. The van der Waals surface area contributed by atoms with Gasteiger partial charge in [-0.1, -0.05) is 29.3 Å². The smallest absolute Gasteiger partial charge is 0.143 e. The maximum absolute atomic E-state index is 6.40. The maximum atomic E-state index is 6.40. The van der Waals surface area contributed by atoms with E-state index in [0.717, 1.165) is 46.7 Å². The molecule has 0 bridgehead atoms. The molecule has 1 saturated carbocycles. The third-order valence-electron chi connectivity index (χ3n) is 5.03. The number of rotatable bonds is 4. The molecule has 1 aliphatic carbocycles. The van der Waals surface area contributed by atoms with Crippen LogP contribution in [0.25, 0.3) is 11.6 Å². The summed E-state index contributed by atoms with van der Waals surface area (Å²) in [4.78, 5) is 0. The van der Waals surface area contributed by atoms with Crippen LogP contribution in [0, 0.1) is 0 Å². The zero-order chi connectivity index (χ0) is 18.1. The van der Waals surface area contributed by atoms with Gasteiger partial charge in [0.05, 0.1) is 18.9 Å².